The Kier molecular flexibility index (Phi) is 4.04. The summed E-state index contributed by atoms with van der Waals surface area (Å²) in [5.74, 6) is 0. The molecule has 1 N–H and O–H groups in total. The van der Waals surface area contributed by atoms with E-state index in [9.17, 15) is 10.1 Å². The number of hydrogen-bond donors (Lipinski definition) is 1. The molecule has 0 fully saturated rings. The Hall–Kier alpha value is -3.00. The van der Waals surface area contributed by atoms with Gasteiger partial charge in [-0.15, -0.1) is 0 Å². The summed E-state index contributed by atoms with van der Waals surface area (Å²) < 4.78 is 2.74. The number of H-pyrrole nitrogens is 1. The van der Waals surface area contributed by atoms with Gasteiger partial charge in [0.2, 0.25) is 0 Å². The topological polar surface area (TPSA) is 89.6 Å². The number of halogens is 1. The molecule has 0 saturated heterocycles. The van der Waals surface area contributed by atoms with Crippen LogP contribution in [0, 0.1) is 10.1 Å². The van der Waals surface area contributed by atoms with Crippen molar-refractivity contribution in [3.8, 4) is 22.4 Å². The van der Waals surface area contributed by atoms with Crippen molar-refractivity contribution in [2.75, 3.05) is 0 Å². The second-order valence-electron chi connectivity index (χ2n) is 5.77. The Morgan fingerprint density at radius 3 is 2.92 bits per heavy atom. The molecule has 0 spiro atoms. The number of nitro groups is 1. The zero-order chi connectivity index (χ0) is 18.3. The molecule has 7 nitrogen and oxygen atoms in total. The number of aromatic nitrogens is 4. The van der Waals surface area contributed by atoms with Gasteiger partial charge in [0.25, 0.3) is 5.69 Å². The number of nitrogens with zero attached hydrogens (tertiary/aromatic N) is 4. The summed E-state index contributed by atoms with van der Waals surface area (Å²) in [7, 11) is 0. The number of nitro benzene ring substituents is 1. The smallest absolute Gasteiger partial charge is 0.270 e. The first-order valence-corrected chi connectivity index (χ1v) is 8.82. The third-order valence-electron chi connectivity index (χ3n) is 4.23. The number of non-ortho nitro benzene ring substituents is 1. The van der Waals surface area contributed by atoms with Gasteiger partial charge < -0.3 is 4.98 Å². The molecule has 130 valence electrons. The molecule has 0 atom stereocenters. The maximum atomic E-state index is 11.1. The number of fused-ring (bicyclic) bond motifs is 1. The van der Waals surface area contributed by atoms with E-state index < -0.39 is 4.92 Å². The Balaban J connectivity index is 1.98. The Labute approximate surface area is 157 Å². The molecule has 0 unspecified atom stereocenters. The summed E-state index contributed by atoms with van der Waals surface area (Å²) in [5.41, 5.74) is 4.09. The van der Waals surface area contributed by atoms with Crippen LogP contribution in [0.1, 0.15) is 6.92 Å². The fourth-order valence-corrected chi connectivity index (χ4v) is 3.52. The first kappa shape index (κ1) is 16.5. The van der Waals surface area contributed by atoms with E-state index in [2.05, 4.69) is 31.0 Å². The van der Waals surface area contributed by atoms with Crippen LogP contribution in [0.4, 0.5) is 5.69 Å². The van der Waals surface area contributed by atoms with Gasteiger partial charge in [-0.25, -0.2) is 4.98 Å². The van der Waals surface area contributed by atoms with Gasteiger partial charge in [0.15, 0.2) is 0 Å². The Morgan fingerprint density at radius 1 is 1.31 bits per heavy atom. The van der Waals surface area contributed by atoms with Crippen molar-refractivity contribution in [2.45, 2.75) is 13.5 Å². The molecule has 0 aliphatic rings. The lowest BCUT2D eigenvalue weighted by molar-refractivity contribution is -0.384. The molecule has 3 aromatic heterocycles. The number of hydrogen-bond acceptors (Lipinski definition) is 4. The third kappa shape index (κ3) is 2.68. The third-order valence-corrected chi connectivity index (χ3v) is 4.86. The highest BCUT2D eigenvalue weighted by Gasteiger charge is 2.19. The van der Waals surface area contributed by atoms with Crippen molar-refractivity contribution in [1.29, 1.82) is 0 Å². The molecule has 0 radical (unpaired) electrons. The molecular weight excluding hydrogens is 398 g/mol. The van der Waals surface area contributed by atoms with Gasteiger partial charge in [-0.2, -0.15) is 5.10 Å². The lowest BCUT2D eigenvalue weighted by Crippen LogP contribution is -1.94. The van der Waals surface area contributed by atoms with E-state index >= 15 is 0 Å². The monoisotopic (exact) mass is 411 g/mol. The van der Waals surface area contributed by atoms with Crippen molar-refractivity contribution in [3.05, 3.63) is 63.5 Å². The SMILES string of the molecule is CCn1cc(-c2ccnc3[nH]cc(Br)c23)c(-c2cccc([N+](=O)[O-])c2)n1. The van der Waals surface area contributed by atoms with Gasteiger partial charge in [-0.3, -0.25) is 14.8 Å². The van der Waals surface area contributed by atoms with Crippen LogP contribution in [0.15, 0.2) is 53.4 Å². The van der Waals surface area contributed by atoms with Crippen molar-refractivity contribution >= 4 is 32.7 Å². The van der Waals surface area contributed by atoms with Crippen LogP contribution in [-0.2, 0) is 6.54 Å². The quantitative estimate of drug-likeness (QED) is 0.386. The fourth-order valence-electron chi connectivity index (χ4n) is 3.00. The highest BCUT2D eigenvalue weighted by molar-refractivity contribution is 9.10. The maximum Gasteiger partial charge on any atom is 0.270 e. The van der Waals surface area contributed by atoms with Gasteiger partial charge in [-0.1, -0.05) is 12.1 Å². The van der Waals surface area contributed by atoms with Crippen molar-refractivity contribution in [3.63, 3.8) is 0 Å². The number of aryl methyl sites for hydroxylation is 1. The van der Waals surface area contributed by atoms with Gasteiger partial charge in [0.05, 0.1) is 4.92 Å². The summed E-state index contributed by atoms with van der Waals surface area (Å²) in [6.07, 6.45) is 5.54. The number of nitrogens with one attached hydrogen (secondary N) is 1. The summed E-state index contributed by atoms with van der Waals surface area (Å²) in [6.45, 7) is 2.70. The lowest BCUT2D eigenvalue weighted by Gasteiger charge is -2.05. The second kappa shape index (κ2) is 6.38. The molecule has 0 aliphatic carbocycles. The summed E-state index contributed by atoms with van der Waals surface area (Å²) in [6, 6.07) is 8.47. The average molecular weight is 412 g/mol. The molecule has 0 aliphatic heterocycles. The molecule has 0 bridgehead atoms. The van der Waals surface area contributed by atoms with Crippen molar-refractivity contribution in [2.24, 2.45) is 0 Å². The van der Waals surface area contributed by atoms with Crippen LogP contribution in [0.5, 0.6) is 0 Å². The molecule has 0 saturated carbocycles. The van der Waals surface area contributed by atoms with E-state index in [1.54, 1.807) is 18.3 Å². The van der Waals surface area contributed by atoms with Gasteiger partial charge >= 0.3 is 0 Å². The van der Waals surface area contributed by atoms with E-state index in [4.69, 9.17) is 0 Å². The van der Waals surface area contributed by atoms with Crippen LogP contribution < -0.4 is 0 Å². The van der Waals surface area contributed by atoms with E-state index in [1.807, 2.05) is 36.1 Å². The molecule has 3 heterocycles. The lowest BCUT2D eigenvalue weighted by atomic mass is 10.00. The standard InChI is InChI=1S/C18H14BrN5O2/c1-2-23-10-14(13-6-7-20-18-16(13)15(19)9-21-18)17(22-23)11-4-3-5-12(8-11)24(25)26/h3-10H,2H2,1H3,(H,20,21). The minimum absolute atomic E-state index is 0.0437. The number of benzene rings is 1. The molecule has 4 rings (SSSR count). The van der Waals surface area contributed by atoms with Crippen molar-refractivity contribution in [1.82, 2.24) is 19.7 Å². The fraction of sp³-hybridized carbons (Fsp3) is 0.111. The minimum Gasteiger partial charge on any atom is -0.345 e. The summed E-state index contributed by atoms with van der Waals surface area (Å²) >= 11 is 3.56. The molecule has 8 heteroatoms. The molecule has 26 heavy (non-hydrogen) atoms. The van der Waals surface area contributed by atoms with Crippen LogP contribution in [0.2, 0.25) is 0 Å². The predicted octanol–water partition coefficient (Wildman–Crippen LogP) is 4.78. The Morgan fingerprint density at radius 2 is 2.15 bits per heavy atom. The van der Waals surface area contributed by atoms with Crippen LogP contribution >= 0.6 is 15.9 Å². The molecular formula is C18H14BrN5O2. The highest BCUT2D eigenvalue weighted by Crippen LogP contribution is 2.38. The number of rotatable bonds is 4. The summed E-state index contributed by atoms with van der Waals surface area (Å²) in [4.78, 5) is 18.2. The van der Waals surface area contributed by atoms with Crippen LogP contribution in [0.3, 0.4) is 0 Å². The van der Waals surface area contributed by atoms with Crippen molar-refractivity contribution < 1.29 is 4.92 Å². The first-order valence-electron chi connectivity index (χ1n) is 8.02. The Bertz CT molecular complexity index is 1130. The molecule has 1 aromatic carbocycles. The number of aromatic amines is 1. The zero-order valence-corrected chi connectivity index (χ0v) is 15.4. The minimum atomic E-state index is -0.395. The van der Waals surface area contributed by atoms with E-state index in [-0.39, 0.29) is 5.69 Å². The van der Waals surface area contributed by atoms with Gasteiger partial charge in [0.1, 0.15) is 11.3 Å². The first-order chi connectivity index (χ1) is 12.6. The van der Waals surface area contributed by atoms with E-state index in [1.165, 1.54) is 6.07 Å². The van der Waals surface area contributed by atoms with Crippen LogP contribution in [0.25, 0.3) is 33.4 Å². The van der Waals surface area contributed by atoms with E-state index in [0.717, 1.165) is 26.6 Å². The second-order valence-corrected chi connectivity index (χ2v) is 6.63. The largest absolute Gasteiger partial charge is 0.345 e. The highest BCUT2D eigenvalue weighted by atomic mass is 79.9. The average Bonchev–Trinajstić information content (AvgIpc) is 3.26. The predicted molar refractivity (Wildman–Crippen MR) is 103 cm³/mol. The summed E-state index contributed by atoms with van der Waals surface area (Å²) in [5, 5.41) is 16.7. The zero-order valence-electron chi connectivity index (χ0n) is 13.8. The normalized spacial score (nSPS) is 11.2. The molecule has 0 amide bonds. The van der Waals surface area contributed by atoms with Gasteiger partial charge in [0, 0.05) is 58.3 Å². The van der Waals surface area contributed by atoms with Crippen LogP contribution in [-0.4, -0.2) is 24.7 Å². The van der Waals surface area contributed by atoms with Gasteiger partial charge in [-0.05, 0) is 34.5 Å². The maximum absolute atomic E-state index is 11.1. The van der Waals surface area contributed by atoms with E-state index in [0.29, 0.717) is 17.8 Å². The molecule has 4 aromatic rings. The number of pyridine rings is 1.